The van der Waals surface area contributed by atoms with Crippen LogP contribution < -0.4 is 4.18 Å². The van der Waals surface area contributed by atoms with Crippen molar-refractivity contribution in [2.75, 3.05) is 5.75 Å². The summed E-state index contributed by atoms with van der Waals surface area (Å²) in [5.74, 6) is 0.377. The molecule has 0 aliphatic heterocycles. The topological polar surface area (TPSA) is 43.4 Å². The molecular weight excluding hydrogens is 272 g/mol. The molecule has 114 valence electrons. The van der Waals surface area contributed by atoms with E-state index in [0.29, 0.717) is 5.75 Å². The Labute approximate surface area is 123 Å². The van der Waals surface area contributed by atoms with Gasteiger partial charge in [-0.15, -0.1) is 0 Å². The largest absolute Gasteiger partial charge is 0.382 e. The molecule has 0 spiro atoms. The first-order chi connectivity index (χ1) is 8.85. The maximum absolute atomic E-state index is 11.7. The molecule has 1 aromatic carbocycles. The highest BCUT2D eigenvalue weighted by molar-refractivity contribution is 7.87. The van der Waals surface area contributed by atoms with Crippen LogP contribution in [0.25, 0.3) is 0 Å². The molecule has 0 aliphatic rings. The van der Waals surface area contributed by atoms with Gasteiger partial charge in [-0.05, 0) is 41.0 Å². The van der Waals surface area contributed by atoms with E-state index in [0.717, 1.165) is 11.1 Å². The van der Waals surface area contributed by atoms with Crippen molar-refractivity contribution in [3.05, 3.63) is 29.3 Å². The van der Waals surface area contributed by atoms with Crippen molar-refractivity contribution in [3.8, 4) is 5.75 Å². The molecule has 4 heteroatoms. The Kier molecular flexibility index (Phi) is 4.59. The van der Waals surface area contributed by atoms with E-state index in [4.69, 9.17) is 4.18 Å². The Morgan fingerprint density at radius 1 is 0.900 bits per heavy atom. The lowest BCUT2D eigenvalue weighted by Gasteiger charge is -2.25. The van der Waals surface area contributed by atoms with Crippen LogP contribution in [0.1, 0.15) is 59.6 Å². The van der Waals surface area contributed by atoms with Gasteiger partial charge in [-0.1, -0.05) is 47.6 Å². The predicted octanol–water partition coefficient (Wildman–Crippen LogP) is 4.01. The van der Waals surface area contributed by atoms with Crippen LogP contribution in [0.3, 0.4) is 0 Å². The van der Waals surface area contributed by atoms with Crippen molar-refractivity contribution in [2.24, 2.45) is 0 Å². The molecule has 1 rings (SSSR count). The van der Waals surface area contributed by atoms with Crippen molar-refractivity contribution >= 4 is 10.1 Å². The zero-order valence-corrected chi connectivity index (χ0v) is 14.4. The third-order valence-electron chi connectivity index (χ3n) is 3.22. The van der Waals surface area contributed by atoms with Gasteiger partial charge in [0.05, 0.1) is 5.75 Å². The summed E-state index contributed by atoms with van der Waals surface area (Å²) in [7, 11) is -3.50. The fourth-order valence-electron chi connectivity index (χ4n) is 1.72. The fourth-order valence-corrected chi connectivity index (χ4v) is 2.23. The van der Waals surface area contributed by atoms with Crippen molar-refractivity contribution in [1.29, 1.82) is 0 Å². The summed E-state index contributed by atoms with van der Waals surface area (Å²) in [6.45, 7) is 14.2. The van der Waals surface area contributed by atoms with Gasteiger partial charge in [0.25, 0.3) is 0 Å². The zero-order chi connectivity index (χ0) is 15.8. The average Bonchev–Trinajstić information content (AvgIpc) is 2.25. The van der Waals surface area contributed by atoms with Gasteiger partial charge in [0, 0.05) is 0 Å². The van der Waals surface area contributed by atoms with E-state index in [9.17, 15) is 8.42 Å². The molecule has 0 fully saturated rings. The van der Waals surface area contributed by atoms with Gasteiger partial charge < -0.3 is 4.18 Å². The zero-order valence-electron chi connectivity index (χ0n) is 13.6. The molecule has 0 N–H and O–H groups in total. The summed E-state index contributed by atoms with van der Waals surface area (Å²) in [6, 6.07) is 5.77. The average molecular weight is 298 g/mol. The molecule has 0 atom stereocenters. The van der Waals surface area contributed by atoms with Crippen LogP contribution in [0.15, 0.2) is 18.2 Å². The first kappa shape index (κ1) is 17.0. The molecule has 20 heavy (non-hydrogen) atoms. The summed E-state index contributed by atoms with van der Waals surface area (Å²) in [4.78, 5) is 0. The van der Waals surface area contributed by atoms with Crippen molar-refractivity contribution in [2.45, 2.75) is 59.3 Å². The van der Waals surface area contributed by atoms with Gasteiger partial charge in [0.15, 0.2) is 0 Å². The van der Waals surface area contributed by atoms with Gasteiger partial charge >= 0.3 is 10.1 Å². The minimum Gasteiger partial charge on any atom is -0.382 e. The molecule has 0 aromatic heterocycles. The molecule has 0 unspecified atom stereocenters. The van der Waals surface area contributed by atoms with E-state index in [1.165, 1.54) is 0 Å². The number of benzene rings is 1. The maximum atomic E-state index is 11.7. The Morgan fingerprint density at radius 3 is 1.60 bits per heavy atom. The molecule has 3 nitrogen and oxygen atoms in total. The van der Waals surface area contributed by atoms with E-state index in [1.54, 1.807) is 6.92 Å². The normalized spacial score (nSPS) is 13.3. The van der Waals surface area contributed by atoms with E-state index in [2.05, 4.69) is 47.6 Å². The van der Waals surface area contributed by atoms with Crippen molar-refractivity contribution in [1.82, 2.24) is 0 Å². The SMILES string of the molecule is CCS(=O)(=O)Oc1cc(C(C)(C)C)cc(C(C)(C)C)c1. The van der Waals surface area contributed by atoms with Crippen molar-refractivity contribution in [3.63, 3.8) is 0 Å². The van der Waals surface area contributed by atoms with E-state index in [-0.39, 0.29) is 16.6 Å². The first-order valence-corrected chi connectivity index (χ1v) is 8.51. The van der Waals surface area contributed by atoms with Crippen LogP contribution in [-0.4, -0.2) is 14.2 Å². The van der Waals surface area contributed by atoms with Gasteiger partial charge in [0.1, 0.15) is 5.75 Å². The van der Waals surface area contributed by atoms with Gasteiger partial charge in [-0.25, -0.2) is 0 Å². The second-order valence-electron chi connectivity index (χ2n) is 7.18. The summed E-state index contributed by atoms with van der Waals surface area (Å²) >= 11 is 0. The lowest BCUT2D eigenvalue weighted by molar-refractivity contribution is 0.482. The first-order valence-electron chi connectivity index (χ1n) is 6.93. The van der Waals surface area contributed by atoms with E-state index in [1.807, 2.05) is 12.1 Å². The second kappa shape index (κ2) is 5.40. The van der Waals surface area contributed by atoms with Crippen LogP contribution >= 0.6 is 0 Å². The molecule has 1 aromatic rings. The summed E-state index contributed by atoms with van der Waals surface area (Å²) < 4.78 is 28.5. The van der Waals surface area contributed by atoms with Crippen LogP contribution in [0, 0.1) is 0 Å². The summed E-state index contributed by atoms with van der Waals surface area (Å²) in [5, 5.41) is 0. The Bertz CT molecular complexity index is 540. The smallest absolute Gasteiger partial charge is 0.308 e. The minimum atomic E-state index is -3.50. The highest BCUT2D eigenvalue weighted by Gasteiger charge is 2.22. The second-order valence-corrected chi connectivity index (χ2v) is 9.04. The van der Waals surface area contributed by atoms with E-state index >= 15 is 0 Å². The molecule has 0 aliphatic carbocycles. The molecule has 0 heterocycles. The van der Waals surface area contributed by atoms with Crippen molar-refractivity contribution < 1.29 is 12.6 Å². The monoisotopic (exact) mass is 298 g/mol. The molecule has 0 radical (unpaired) electrons. The molecule has 0 saturated heterocycles. The quantitative estimate of drug-likeness (QED) is 0.792. The lowest BCUT2D eigenvalue weighted by Crippen LogP contribution is -2.18. The van der Waals surface area contributed by atoms with Crippen LogP contribution in [0.2, 0.25) is 0 Å². The predicted molar refractivity (Wildman–Crippen MR) is 83.9 cm³/mol. The van der Waals surface area contributed by atoms with Gasteiger partial charge in [0.2, 0.25) is 0 Å². The standard InChI is InChI=1S/C16H26O3S/c1-8-20(17,18)19-14-10-12(15(2,3)4)9-13(11-14)16(5,6)7/h9-11H,8H2,1-7H3. The van der Waals surface area contributed by atoms with Gasteiger partial charge in [-0.3, -0.25) is 0 Å². The molecular formula is C16H26O3S. The minimum absolute atomic E-state index is 0.0302. The number of rotatable bonds is 3. The molecule has 0 saturated carbocycles. The number of hydrogen-bond donors (Lipinski definition) is 0. The Hall–Kier alpha value is -1.03. The Morgan fingerprint density at radius 2 is 1.30 bits per heavy atom. The Balaban J connectivity index is 3.39. The third kappa shape index (κ3) is 4.51. The van der Waals surface area contributed by atoms with Crippen LogP contribution in [0.4, 0.5) is 0 Å². The third-order valence-corrected chi connectivity index (χ3v) is 4.37. The fraction of sp³-hybridized carbons (Fsp3) is 0.625. The highest BCUT2D eigenvalue weighted by Crippen LogP contribution is 2.33. The number of hydrogen-bond acceptors (Lipinski definition) is 3. The van der Waals surface area contributed by atoms with Gasteiger partial charge in [-0.2, -0.15) is 8.42 Å². The van der Waals surface area contributed by atoms with Crippen LogP contribution in [-0.2, 0) is 20.9 Å². The summed E-state index contributed by atoms with van der Waals surface area (Å²) in [5.41, 5.74) is 2.03. The maximum Gasteiger partial charge on any atom is 0.308 e. The highest BCUT2D eigenvalue weighted by atomic mass is 32.2. The van der Waals surface area contributed by atoms with Crippen LogP contribution in [0.5, 0.6) is 5.75 Å². The van der Waals surface area contributed by atoms with E-state index < -0.39 is 10.1 Å². The lowest BCUT2D eigenvalue weighted by atomic mass is 9.80. The summed E-state index contributed by atoms with van der Waals surface area (Å²) in [6.07, 6.45) is 0. The molecule has 0 bridgehead atoms. The molecule has 0 amide bonds.